The highest BCUT2D eigenvalue weighted by Crippen LogP contribution is 2.48. The number of nitrogens with zero attached hydrogens (tertiary/aromatic N) is 1. The fourth-order valence-electron chi connectivity index (χ4n) is 5.17. The number of thioether (sulfide) groups is 2. The summed E-state index contributed by atoms with van der Waals surface area (Å²) in [4.78, 5) is 39.6. The van der Waals surface area contributed by atoms with Crippen molar-refractivity contribution < 1.29 is 38.1 Å². The smallest absolute Gasteiger partial charge is 0.493 e. The van der Waals surface area contributed by atoms with Crippen molar-refractivity contribution in [3.63, 3.8) is 0 Å². The van der Waals surface area contributed by atoms with E-state index in [-0.39, 0.29) is 31.4 Å². The maximum atomic E-state index is 13.0. The van der Waals surface area contributed by atoms with E-state index in [9.17, 15) is 14.4 Å². The molecule has 0 aromatic heterocycles. The summed E-state index contributed by atoms with van der Waals surface area (Å²) in [5.41, 5.74) is 1.99. The monoisotopic (exact) mass is 618 g/mol. The Balaban J connectivity index is 1.38. The highest BCUT2D eigenvalue weighted by Gasteiger charge is 2.42. The Morgan fingerprint density at radius 2 is 1.74 bits per heavy atom. The second-order valence-electron chi connectivity index (χ2n) is 10.0. The Hall–Kier alpha value is -3.25. The standard InChI is InChI=1S/C30H38N2O8S2/c1-20(33)32-17-23(16-24(32)28(34)31-11-10-21-8-6-5-7-9-21)40-29(35)39-18-30(19-41-12-13-42-30)22-14-25(36-2)27(38-4)26(15-22)37-3/h5-9,14-15,23-24H,10-13,16-19H2,1-4H3,(H,31,34)/t23-,24+,30?/m1/s1. The minimum absolute atomic E-state index is 0.0642. The molecule has 12 heteroatoms. The van der Waals surface area contributed by atoms with Crippen LogP contribution in [0.4, 0.5) is 4.79 Å². The van der Waals surface area contributed by atoms with Gasteiger partial charge in [-0.25, -0.2) is 4.79 Å². The Morgan fingerprint density at radius 3 is 2.33 bits per heavy atom. The van der Waals surface area contributed by atoms with Gasteiger partial charge in [0, 0.05) is 37.1 Å². The molecule has 1 N–H and O–H groups in total. The molecule has 42 heavy (non-hydrogen) atoms. The zero-order valence-corrected chi connectivity index (χ0v) is 26.0. The van der Waals surface area contributed by atoms with Crippen molar-refractivity contribution in [1.29, 1.82) is 0 Å². The van der Waals surface area contributed by atoms with Gasteiger partial charge in [0.15, 0.2) is 11.5 Å². The van der Waals surface area contributed by atoms with Gasteiger partial charge in [-0.05, 0) is 29.7 Å². The highest BCUT2D eigenvalue weighted by molar-refractivity contribution is 8.06. The van der Waals surface area contributed by atoms with Crippen molar-refractivity contribution in [2.45, 2.75) is 36.7 Å². The first-order chi connectivity index (χ1) is 20.3. The van der Waals surface area contributed by atoms with Crippen molar-refractivity contribution in [1.82, 2.24) is 10.2 Å². The normalized spacial score (nSPS) is 21.8. The van der Waals surface area contributed by atoms with Crippen LogP contribution in [0.2, 0.25) is 0 Å². The zero-order valence-electron chi connectivity index (χ0n) is 24.4. The number of carbonyl (C=O) groups excluding carboxylic acids is 3. The molecule has 0 saturated carbocycles. The van der Waals surface area contributed by atoms with Crippen molar-refractivity contribution in [2.75, 3.05) is 58.3 Å². The second kappa shape index (κ2) is 14.8. The van der Waals surface area contributed by atoms with E-state index in [0.717, 1.165) is 22.6 Å². The van der Waals surface area contributed by atoms with Gasteiger partial charge in [0.05, 0.1) is 32.6 Å². The molecule has 0 radical (unpaired) electrons. The fraction of sp³-hybridized carbons (Fsp3) is 0.500. The zero-order chi connectivity index (χ0) is 30.1. The first-order valence-corrected chi connectivity index (χ1v) is 15.9. The molecule has 1 unspecified atom stereocenters. The average molecular weight is 619 g/mol. The van der Waals surface area contributed by atoms with Crippen LogP contribution in [0.5, 0.6) is 17.2 Å². The van der Waals surface area contributed by atoms with Crippen LogP contribution in [-0.4, -0.2) is 93.3 Å². The van der Waals surface area contributed by atoms with Crippen LogP contribution < -0.4 is 19.5 Å². The number of hydrogen-bond donors (Lipinski definition) is 1. The topological polar surface area (TPSA) is 113 Å². The molecule has 2 aliphatic rings. The van der Waals surface area contributed by atoms with Gasteiger partial charge in [-0.15, -0.1) is 11.8 Å². The van der Waals surface area contributed by atoms with Crippen molar-refractivity contribution in [3.05, 3.63) is 53.6 Å². The maximum absolute atomic E-state index is 13.0. The molecule has 2 heterocycles. The van der Waals surface area contributed by atoms with Gasteiger partial charge in [0.25, 0.3) is 0 Å². The molecule has 228 valence electrons. The van der Waals surface area contributed by atoms with Crippen LogP contribution in [0.1, 0.15) is 24.5 Å². The van der Waals surface area contributed by atoms with Crippen LogP contribution in [0.15, 0.2) is 42.5 Å². The number of nitrogens with one attached hydrogen (secondary N) is 1. The third kappa shape index (κ3) is 7.57. The fourth-order valence-corrected chi connectivity index (χ4v) is 8.10. The highest BCUT2D eigenvalue weighted by atomic mass is 32.2. The van der Waals surface area contributed by atoms with E-state index in [0.29, 0.717) is 36.0 Å². The quantitative estimate of drug-likeness (QED) is 0.372. The summed E-state index contributed by atoms with van der Waals surface area (Å²) in [7, 11) is 4.68. The largest absolute Gasteiger partial charge is 0.508 e. The minimum Gasteiger partial charge on any atom is -0.493 e. The van der Waals surface area contributed by atoms with Crippen LogP contribution in [-0.2, 0) is 30.2 Å². The van der Waals surface area contributed by atoms with Crippen LogP contribution in [0.25, 0.3) is 0 Å². The van der Waals surface area contributed by atoms with Crippen molar-refractivity contribution in [2.24, 2.45) is 0 Å². The summed E-state index contributed by atoms with van der Waals surface area (Å²) in [5.74, 6) is 3.57. The third-order valence-corrected chi connectivity index (χ3v) is 10.4. The van der Waals surface area contributed by atoms with Gasteiger partial charge in [0.1, 0.15) is 18.8 Å². The summed E-state index contributed by atoms with van der Waals surface area (Å²) in [6, 6.07) is 12.9. The van der Waals surface area contributed by atoms with Crippen molar-refractivity contribution >= 4 is 41.5 Å². The third-order valence-electron chi connectivity index (χ3n) is 7.34. The van der Waals surface area contributed by atoms with Gasteiger partial charge in [-0.2, -0.15) is 11.8 Å². The number of carbonyl (C=O) groups is 3. The summed E-state index contributed by atoms with van der Waals surface area (Å²) < 4.78 is 27.4. The first kappa shape index (κ1) is 31.7. The molecule has 2 amide bonds. The van der Waals surface area contributed by atoms with Gasteiger partial charge in [-0.1, -0.05) is 30.3 Å². The summed E-state index contributed by atoms with van der Waals surface area (Å²) >= 11 is 3.48. The molecule has 3 atom stereocenters. The number of ether oxygens (including phenoxy) is 5. The van der Waals surface area contributed by atoms with E-state index in [4.69, 9.17) is 23.7 Å². The maximum Gasteiger partial charge on any atom is 0.508 e. The first-order valence-electron chi connectivity index (χ1n) is 13.7. The summed E-state index contributed by atoms with van der Waals surface area (Å²) in [6.07, 6.45) is -0.613. The lowest BCUT2D eigenvalue weighted by molar-refractivity contribution is -0.136. The molecule has 0 aliphatic carbocycles. The Bertz CT molecular complexity index is 1210. The van der Waals surface area contributed by atoms with E-state index >= 15 is 0 Å². The lowest BCUT2D eigenvalue weighted by Crippen LogP contribution is -2.45. The molecule has 2 fully saturated rings. The summed E-state index contributed by atoms with van der Waals surface area (Å²) in [5, 5.41) is 2.91. The van der Waals surface area contributed by atoms with Crippen molar-refractivity contribution in [3.8, 4) is 17.2 Å². The molecule has 2 aromatic carbocycles. The predicted octanol–water partition coefficient (Wildman–Crippen LogP) is 3.89. The lowest BCUT2D eigenvalue weighted by atomic mass is 9.99. The molecule has 2 aliphatic heterocycles. The van der Waals surface area contributed by atoms with Crippen LogP contribution >= 0.6 is 23.5 Å². The van der Waals surface area contributed by atoms with Crippen LogP contribution in [0, 0.1) is 0 Å². The molecule has 10 nitrogen and oxygen atoms in total. The van der Waals surface area contributed by atoms with E-state index in [2.05, 4.69) is 5.32 Å². The summed E-state index contributed by atoms with van der Waals surface area (Å²) in [6.45, 7) is 2.04. The predicted molar refractivity (Wildman–Crippen MR) is 163 cm³/mol. The number of likely N-dealkylation sites (tertiary alicyclic amines) is 1. The molecular formula is C30H38N2O8S2. The van der Waals surface area contributed by atoms with E-state index in [1.165, 1.54) is 11.8 Å². The van der Waals surface area contributed by atoms with Gasteiger partial charge >= 0.3 is 6.16 Å². The Kier molecular flexibility index (Phi) is 11.1. The number of amides is 2. The number of rotatable bonds is 11. The number of benzene rings is 2. The second-order valence-corrected chi connectivity index (χ2v) is 12.6. The molecule has 4 rings (SSSR count). The molecular weight excluding hydrogens is 580 g/mol. The SMILES string of the molecule is COc1cc(C2(COC(=O)O[C@@H]3C[C@@H](C(=O)NCCc4ccccc4)N(C(C)=O)C3)CSCCS2)cc(OC)c1OC. The molecule has 2 aromatic rings. The Labute approximate surface area is 255 Å². The Morgan fingerprint density at radius 1 is 1.02 bits per heavy atom. The van der Waals surface area contributed by atoms with Gasteiger partial charge in [0.2, 0.25) is 17.6 Å². The molecule has 2 saturated heterocycles. The minimum atomic E-state index is -0.836. The van der Waals surface area contributed by atoms with E-state index < -0.39 is 23.0 Å². The molecule has 0 spiro atoms. The number of hydrogen-bond acceptors (Lipinski definition) is 10. The van der Waals surface area contributed by atoms with E-state index in [1.807, 2.05) is 42.5 Å². The number of methoxy groups -OCH3 is 3. The van der Waals surface area contributed by atoms with Gasteiger partial charge in [-0.3, -0.25) is 9.59 Å². The average Bonchev–Trinajstić information content (AvgIpc) is 3.44. The van der Waals surface area contributed by atoms with Gasteiger partial charge < -0.3 is 33.9 Å². The van der Waals surface area contributed by atoms with Crippen LogP contribution in [0.3, 0.4) is 0 Å². The lowest BCUT2D eigenvalue weighted by Gasteiger charge is -2.36. The van der Waals surface area contributed by atoms with E-state index in [1.54, 1.807) is 44.9 Å². The molecule has 0 bridgehead atoms.